The highest BCUT2D eigenvalue weighted by Crippen LogP contribution is 2.18. The highest BCUT2D eigenvalue weighted by Gasteiger charge is 2.33. The Morgan fingerprint density at radius 3 is 1.68 bits per heavy atom. The highest BCUT2D eigenvalue weighted by molar-refractivity contribution is 6.70. The molecule has 0 rings (SSSR count). The van der Waals surface area contributed by atoms with Gasteiger partial charge in [0.25, 0.3) is 0 Å². The van der Waals surface area contributed by atoms with Gasteiger partial charge >= 0.3 is 0 Å². The standard InChI is InChI=1S/C14H35NO4Si3/c1-16-15-11-13(18-21(5,6)7)14(19-22(8,9)10)12-17-20(2,3)4/h11,13-14H,12H2,1-10H3/b15-11+/t13-,14-/m1/s1. The van der Waals surface area contributed by atoms with Gasteiger partial charge in [-0.05, 0) is 58.9 Å². The summed E-state index contributed by atoms with van der Waals surface area (Å²) in [6.07, 6.45) is 1.31. The van der Waals surface area contributed by atoms with E-state index in [1.807, 2.05) is 0 Å². The summed E-state index contributed by atoms with van der Waals surface area (Å²) in [5.74, 6) is 0. The molecule has 0 aromatic rings. The van der Waals surface area contributed by atoms with Crippen LogP contribution in [0.1, 0.15) is 0 Å². The van der Waals surface area contributed by atoms with Gasteiger partial charge in [0.1, 0.15) is 13.2 Å². The lowest BCUT2D eigenvalue weighted by atomic mass is 10.2. The average molecular weight is 366 g/mol. The van der Waals surface area contributed by atoms with E-state index in [0.29, 0.717) is 6.61 Å². The van der Waals surface area contributed by atoms with Crippen molar-refractivity contribution in [2.45, 2.75) is 71.1 Å². The molecule has 0 unspecified atom stereocenters. The van der Waals surface area contributed by atoms with Gasteiger partial charge in [0.05, 0.1) is 18.9 Å². The van der Waals surface area contributed by atoms with Crippen LogP contribution in [0.4, 0.5) is 0 Å². The van der Waals surface area contributed by atoms with Gasteiger partial charge in [-0.1, -0.05) is 5.16 Å². The fourth-order valence-corrected chi connectivity index (χ4v) is 4.52. The third-order valence-corrected chi connectivity index (χ3v) is 5.38. The summed E-state index contributed by atoms with van der Waals surface area (Å²) in [4.78, 5) is 4.84. The van der Waals surface area contributed by atoms with Crippen molar-refractivity contribution < 1.29 is 18.1 Å². The fourth-order valence-electron chi connectivity index (χ4n) is 1.71. The van der Waals surface area contributed by atoms with E-state index < -0.39 is 25.0 Å². The summed E-state index contributed by atoms with van der Waals surface area (Å²) in [5.41, 5.74) is 0. The molecule has 0 spiro atoms. The summed E-state index contributed by atoms with van der Waals surface area (Å²) >= 11 is 0. The van der Waals surface area contributed by atoms with Gasteiger partial charge in [-0.2, -0.15) is 0 Å². The smallest absolute Gasteiger partial charge is 0.184 e. The topological polar surface area (TPSA) is 49.3 Å². The Balaban J connectivity index is 5.19. The third-order valence-electron chi connectivity index (χ3n) is 2.35. The van der Waals surface area contributed by atoms with Crippen LogP contribution in [0.5, 0.6) is 0 Å². The number of hydrogen-bond donors (Lipinski definition) is 0. The Labute approximate surface area is 139 Å². The van der Waals surface area contributed by atoms with Crippen molar-refractivity contribution in [1.82, 2.24) is 0 Å². The van der Waals surface area contributed by atoms with Crippen LogP contribution in [-0.4, -0.2) is 57.1 Å². The van der Waals surface area contributed by atoms with E-state index >= 15 is 0 Å². The van der Waals surface area contributed by atoms with E-state index in [9.17, 15) is 0 Å². The van der Waals surface area contributed by atoms with Crippen LogP contribution in [0.3, 0.4) is 0 Å². The second-order valence-electron chi connectivity index (χ2n) is 8.32. The summed E-state index contributed by atoms with van der Waals surface area (Å²) < 4.78 is 18.7. The predicted molar refractivity (Wildman–Crippen MR) is 101 cm³/mol. The largest absolute Gasteiger partial charge is 0.415 e. The lowest BCUT2D eigenvalue weighted by molar-refractivity contribution is 0.0445. The van der Waals surface area contributed by atoms with Crippen molar-refractivity contribution in [2.24, 2.45) is 5.16 Å². The first-order valence-electron chi connectivity index (χ1n) is 7.80. The van der Waals surface area contributed by atoms with Crippen LogP contribution in [0.15, 0.2) is 5.16 Å². The molecule has 0 aromatic carbocycles. The van der Waals surface area contributed by atoms with Gasteiger partial charge in [-0.3, -0.25) is 0 Å². The van der Waals surface area contributed by atoms with Gasteiger partial charge < -0.3 is 18.1 Å². The molecule has 0 saturated carbocycles. The Morgan fingerprint density at radius 1 is 0.818 bits per heavy atom. The second-order valence-corrected chi connectivity index (χ2v) is 21.8. The minimum absolute atomic E-state index is 0.149. The molecule has 0 N–H and O–H groups in total. The zero-order valence-corrected chi connectivity index (χ0v) is 19.0. The molecule has 2 atom stereocenters. The van der Waals surface area contributed by atoms with E-state index in [2.05, 4.69) is 64.1 Å². The Hall–Kier alpha value is 0.000649. The first kappa shape index (κ1) is 22.0. The van der Waals surface area contributed by atoms with Crippen LogP contribution in [0, 0.1) is 0 Å². The minimum atomic E-state index is -1.74. The van der Waals surface area contributed by atoms with Crippen LogP contribution >= 0.6 is 0 Å². The molecule has 132 valence electrons. The van der Waals surface area contributed by atoms with Crippen molar-refractivity contribution in [1.29, 1.82) is 0 Å². The first-order valence-corrected chi connectivity index (χ1v) is 18.0. The lowest BCUT2D eigenvalue weighted by Crippen LogP contribution is -2.48. The molecule has 0 heterocycles. The van der Waals surface area contributed by atoms with Crippen molar-refractivity contribution >= 4 is 31.2 Å². The maximum Gasteiger partial charge on any atom is 0.184 e. The number of nitrogens with zero attached hydrogens (tertiary/aromatic N) is 1. The molecular formula is C14H35NO4Si3. The first-order chi connectivity index (χ1) is 9.73. The fraction of sp³-hybridized carbons (Fsp3) is 0.929. The Kier molecular flexibility index (Phi) is 8.74. The zero-order valence-electron chi connectivity index (χ0n) is 16.0. The molecule has 0 aromatic heterocycles. The van der Waals surface area contributed by atoms with Crippen LogP contribution in [-0.2, 0) is 18.1 Å². The van der Waals surface area contributed by atoms with Gasteiger partial charge in [-0.15, -0.1) is 0 Å². The average Bonchev–Trinajstić information content (AvgIpc) is 2.26. The summed E-state index contributed by atoms with van der Waals surface area (Å²) in [5, 5.41) is 3.92. The zero-order chi connectivity index (χ0) is 17.6. The molecule has 0 aliphatic carbocycles. The van der Waals surface area contributed by atoms with Crippen molar-refractivity contribution in [3.05, 3.63) is 0 Å². The Morgan fingerprint density at radius 2 is 1.32 bits per heavy atom. The molecule has 0 amide bonds. The molecule has 0 aliphatic heterocycles. The van der Waals surface area contributed by atoms with E-state index in [4.69, 9.17) is 18.1 Å². The normalized spacial score (nSPS) is 16.8. The SMILES string of the molecule is CO/N=C/[C@@H](O[Si](C)(C)C)[C@@H](CO[Si](C)(C)C)O[Si](C)(C)C. The predicted octanol–water partition coefficient (Wildman–Crippen LogP) is 3.91. The molecule has 0 aliphatic rings. The van der Waals surface area contributed by atoms with Crippen molar-refractivity contribution in [3.8, 4) is 0 Å². The van der Waals surface area contributed by atoms with Crippen molar-refractivity contribution in [3.63, 3.8) is 0 Å². The molecular weight excluding hydrogens is 330 g/mol. The van der Waals surface area contributed by atoms with Gasteiger partial charge in [0.2, 0.25) is 0 Å². The summed E-state index contributed by atoms with van der Waals surface area (Å²) in [6.45, 7) is 20.1. The monoisotopic (exact) mass is 365 g/mol. The van der Waals surface area contributed by atoms with Crippen LogP contribution < -0.4 is 0 Å². The molecule has 5 nitrogen and oxygen atoms in total. The van der Waals surface area contributed by atoms with Crippen LogP contribution in [0.25, 0.3) is 0 Å². The number of oxime groups is 1. The number of hydrogen-bond acceptors (Lipinski definition) is 5. The van der Waals surface area contributed by atoms with E-state index in [1.54, 1.807) is 6.21 Å². The second kappa shape index (κ2) is 8.74. The number of rotatable bonds is 10. The molecule has 8 heteroatoms. The van der Waals surface area contributed by atoms with Gasteiger partial charge in [-0.25, -0.2) is 0 Å². The Bertz CT molecular complexity index is 345. The quantitative estimate of drug-likeness (QED) is 0.334. The minimum Gasteiger partial charge on any atom is -0.415 e. The van der Waals surface area contributed by atoms with E-state index in [-0.39, 0.29) is 12.2 Å². The molecule has 0 bridgehead atoms. The van der Waals surface area contributed by atoms with Gasteiger partial charge in [0, 0.05) is 0 Å². The maximum atomic E-state index is 6.32. The van der Waals surface area contributed by atoms with Crippen molar-refractivity contribution in [2.75, 3.05) is 13.7 Å². The maximum absolute atomic E-state index is 6.32. The van der Waals surface area contributed by atoms with E-state index in [0.717, 1.165) is 0 Å². The summed E-state index contributed by atoms with van der Waals surface area (Å²) in [6, 6.07) is 0. The molecule has 0 fully saturated rings. The summed E-state index contributed by atoms with van der Waals surface area (Å²) in [7, 11) is -3.54. The molecule has 0 radical (unpaired) electrons. The molecule has 0 saturated heterocycles. The third kappa shape index (κ3) is 12.5. The molecule has 22 heavy (non-hydrogen) atoms. The lowest BCUT2D eigenvalue weighted by Gasteiger charge is -2.35. The highest BCUT2D eigenvalue weighted by atomic mass is 28.4. The van der Waals surface area contributed by atoms with E-state index in [1.165, 1.54) is 7.11 Å². The van der Waals surface area contributed by atoms with Crippen LogP contribution in [0.2, 0.25) is 58.9 Å². The van der Waals surface area contributed by atoms with Gasteiger partial charge in [0.15, 0.2) is 25.0 Å².